The third-order valence-electron chi connectivity index (χ3n) is 2.14. The molecule has 82 valence electrons. The van der Waals surface area contributed by atoms with Gasteiger partial charge in [-0.25, -0.2) is 4.98 Å². The summed E-state index contributed by atoms with van der Waals surface area (Å²) in [5, 5.41) is 0. The molecule has 5 heteroatoms. The number of hydrogen-bond acceptors (Lipinski definition) is 4. The Morgan fingerprint density at radius 2 is 2.31 bits per heavy atom. The molecular formula is C11H9BrN2O2. The zero-order valence-corrected chi connectivity index (χ0v) is 10.1. The van der Waals surface area contributed by atoms with E-state index in [4.69, 9.17) is 10.2 Å². The van der Waals surface area contributed by atoms with Crippen LogP contribution in [-0.2, 0) is 0 Å². The Kier molecular flexibility index (Phi) is 2.78. The average molecular weight is 281 g/mol. The molecule has 0 amide bonds. The Morgan fingerprint density at radius 3 is 2.88 bits per heavy atom. The number of hydrogen-bond donors (Lipinski definition) is 1. The molecule has 2 N–H and O–H groups in total. The van der Waals surface area contributed by atoms with E-state index in [2.05, 4.69) is 20.9 Å². The number of carbonyl (C=O) groups excluding carboxylic acids is 1. The molecule has 0 aliphatic rings. The number of carbonyl (C=O) groups is 1. The standard InChI is InChI=1S/C11H9BrN2O2/c1-6(15)7-5-8(12)10(14-11(7)13)9-3-2-4-16-9/h2-5H,1H3,(H2,13,14). The average Bonchev–Trinajstić information content (AvgIpc) is 2.73. The summed E-state index contributed by atoms with van der Waals surface area (Å²) in [6.45, 7) is 1.45. The van der Waals surface area contributed by atoms with Gasteiger partial charge in [0.1, 0.15) is 11.5 Å². The van der Waals surface area contributed by atoms with Gasteiger partial charge in [-0.3, -0.25) is 4.79 Å². The van der Waals surface area contributed by atoms with Crippen LogP contribution >= 0.6 is 15.9 Å². The molecule has 0 spiro atoms. The zero-order valence-electron chi connectivity index (χ0n) is 8.53. The summed E-state index contributed by atoms with van der Waals surface area (Å²) in [6.07, 6.45) is 1.55. The largest absolute Gasteiger partial charge is 0.463 e. The number of rotatable bonds is 2. The lowest BCUT2D eigenvalue weighted by Gasteiger charge is -2.05. The second-order valence-corrected chi connectivity index (χ2v) is 4.14. The lowest BCUT2D eigenvalue weighted by Crippen LogP contribution is -2.03. The minimum absolute atomic E-state index is 0.114. The molecule has 0 unspecified atom stereocenters. The predicted molar refractivity (Wildman–Crippen MR) is 64.1 cm³/mol. The van der Waals surface area contributed by atoms with Gasteiger partial charge in [0.15, 0.2) is 11.5 Å². The summed E-state index contributed by atoms with van der Waals surface area (Å²) < 4.78 is 5.91. The van der Waals surface area contributed by atoms with E-state index in [1.807, 2.05) is 0 Å². The van der Waals surface area contributed by atoms with E-state index in [1.54, 1.807) is 24.5 Å². The van der Waals surface area contributed by atoms with E-state index in [-0.39, 0.29) is 11.6 Å². The highest BCUT2D eigenvalue weighted by Crippen LogP contribution is 2.29. The van der Waals surface area contributed by atoms with Crippen molar-refractivity contribution in [3.63, 3.8) is 0 Å². The Morgan fingerprint density at radius 1 is 1.56 bits per heavy atom. The molecule has 0 fully saturated rings. The van der Waals surface area contributed by atoms with Crippen molar-refractivity contribution in [1.29, 1.82) is 0 Å². The van der Waals surface area contributed by atoms with E-state index in [0.717, 1.165) is 0 Å². The highest BCUT2D eigenvalue weighted by Gasteiger charge is 2.14. The second kappa shape index (κ2) is 4.09. The summed E-state index contributed by atoms with van der Waals surface area (Å²) in [5.74, 6) is 0.701. The lowest BCUT2D eigenvalue weighted by atomic mass is 10.1. The van der Waals surface area contributed by atoms with Gasteiger partial charge in [-0.15, -0.1) is 0 Å². The third-order valence-corrected chi connectivity index (χ3v) is 2.74. The van der Waals surface area contributed by atoms with Gasteiger partial charge in [0.05, 0.1) is 11.8 Å². The molecule has 2 heterocycles. The minimum atomic E-state index is -0.114. The first kappa shape index (κ1) is 10.9. The highest BCUT2D eigenvalue weighted by molar-refractivity contribution is 9.10. The maximum absolute atomic E-state index is 11.3. The van der Waals surface area contributed by atoms with Crippen molar-refractivity contribution in [3.05, 3.63) is 34.5 Å². The molecule has 4 nitrogen and oxygen atoms in total. The van der Waals surface area contributed by atoms with Gasteiger partial charge in [0.2, 0.25) is 0 Å². The third kappa shape index (κ3) is 1.86. The summed E-state index contributed by atoms with van der Waals surface area (Å²) in [7, 11) is 0. The van der Waals surface area contributed by atoms with E-state index < -0.39 is 0 Å². The molecule has 2 rings (SSSR count). The molecule has 2 aromatic heterocycles. The number of ketones is 1. The lowest BCUT2D eigenvalue weighted by molar-refractivity contribution is 0.101. The number of furan rings is 1. The van der Waals surface area contributed by atoms with E-state index in [1.165, 1.54) is 6.92 Å². The monoisotopic (exact) mass is 280 g/mol. The molecular weight excluding hydrogens is 272 g/mol. The first-order valence-electron chi connectivity index (χ1n) is 4.60. The van der Waals surface area contributed by atoms with E-state index >= 15 is 0 Å². The number of halogens is 1. The molecule has 2 aromatic rings. The first-order chi connectivity index (χ1) is 7.59. The molecule has 0 aliphatic heterocycles. The summed E-state index contributed by atoms with van der Waals surface area (Å²) in [5.41, 5.74) is 6.70. The van der Waals surface area contributed by atoms with E-state index in [0.29, 0.717) is 21.5 Å². The van der Waals surface area contributed by atoms with Crippen LogP contribution in [0.3, 0.4) is 0 Å². The number of nitrogens with zero attached hydrogens (tertiary/aromatic N) is 1. The summed E-state index contributed by atoms with van der Waals surface area (Å²) >= 11 is 3.34. The molecule has 16 heavy (non-hydrogen) atoms. The molecule has 0 saturated heterocycles. The number of pyridine rings is 1. The fourth-order valence-corrected chi connectivity index (χ4v) is 1.88. The van der Waals surface area contributed by atoms with E-state index in [9.17, 15) is 4.79 Å². The van der Waals surface area contributed by atoms with Crippen molar-refractivity contribution in [2.24, 2.45) is 0 Å². The topological polar surface area (TPSA) is 69.1 Å². The van der Waals surface area contributed by atoms with Crippen LogP contribution in [0.4, 0.5) is 5.82 Å². The van der Waals surface area contributed by atoms with Crippen LogP contribution in [0, 0.1) is 0 Å². The molecule has 0 radical (unpaired) electrons. The summed E-state index contributed by atoms with van der Waals surface area (Å²) in [6, 6.07) is 5.20. The van der Waals surface area contributed by atoms with Gasteiger partial charge in [-0.1, -0.05) is 0 Å². The van der Waals surface area contributed by atoms with Crippen LogP contribution in [0.5, 0.6) is 0 Å². The molecule has 0 bridgehead atoms. The van der Waals surface area contributed by atoms with Gasteiger partial charge >= 0.3 is 0 Å². The van der Waals surface area contributed by atoms with Gasteiger partial charge in [-0.2, -0.15) is 0 Å². The quantitative estimate of drug-likeness (QED) is 0.859. The second-order valence-electron chi connectivity index (χ2n) is 3.29. The maximum atomic E-state index is 11.3. The van der Waals surface area contributed by atoms with Crippen molar-refractivity contribution >= 4 is 27.5 Å². The number of nitrogens with two attached hydrogens (primary N) is 1. The number of Topliss-reactive ketones (excluding diaryl/α,β-unsaturated/α-hetero) is 1. The van der Waals surface area contributed by atoms with Crippen LogP contribution < -0.4 is 5.73 Å². The highest BCUT2D eigenvalue weighted by atomic mass is 79.9. The van der Waals surface area contributed by atoms with Crippen LogP contribution in [0.2, 0.25) is 0 Å². The maximum Gasteiger partial charge on any atom is 0.163 e. The van der Waals surface area contributed by atoms with Crippen LogP contribution in [-0.4, -0.2) is 10.8 Å². The normalized spacial score (nSPS) is 10.4. The van der Waals surface area contributed by atoms with Gasteiger partial charge < -0.3 is 10.2 Å². The summed E-state index contributed by atoms with van der Waals surface area (Å²) in [4.78, 5) is 15.4. The first-order valence-corrected chi connectivity index (χ1v) is 5.39. The fourth-order valence-electron chi connectivity index (χ4n) is 1.37. The van der Waals surface area contributed by atoms with Crippen LogP contribution in [0.1, 0.15) is 17.3 Å². The number of nitrogen functional groups attached to an aromatic ring is 1. The van der Waals surface area contributed by atoms with Crippen molar-refractivity contribution in [1.82, 2.24) is 4.98 Å². The SMILES string of the molecule is CC(=O)c1cc(Br)c(-c2ccco2)nc1N. The van der Waals surface area contributed by atoms with Crippen molar-refractivity contribution in [2.75, 3.05) is 5.73 Å². The van der Waals surface area contributed by atoms with Gasteiger partial charge in [0.25, 0.3) is 0 Å². The molecule has 0 aromatic carbocycles. The Labute approximate surface area is 101 Å². The van der Waals surface area contributed by atoms with Crippen molar-refractivity contribution in [2.45, 2.75) is 6.92 Å². The molecule has 0 saturated carbocycles. The Hall–Kier alpha value is -1.62. The Bertz CT molecular complexity index is 535. The van der Waals surface area contributed by atoms with Crippen LogP contribution in [0.25, 0.3) is 11.5 Å². The minimum Gasteiger partial charge on any atom is -0.463 e. The smallest absolute Gasteiger partial charge is 0.163 e. The van der Waals surface area contributed by atoms with Crippen molar-refractivity contribution < 1.29 is 9.21 Å². The number of aromatic nitrogens is 1. The predicted octanol–water partition coefficient (Wildman–Crippen LogP) is 2.89. The Balaban J connectivity index is 2.59. The fraction of sp³-hybridized carbons (Fsp3) is 0.0909. The molecule has 0 aliphatic carbocycles. The van der Waals surface area contributed by atoms with Crippen molar-refractivity contribution in [3.8, 4) is 11.5 Å². The number of anilines is 1. The molecule has 0 atom stereocenters. The van der Waals surface area contributed by atoms with Gasteiger partial charge in [-0.05, 0) is 41.1 Å². The van der Waals surface area contributed by atoms with Crippen LogP contribution in [0.15, 0.2) is 33.4 Å². The zero-order chi connectivity index (χ0) is 11.7. The van der Waals surface area contributed by atoms with Gasteiger partial charge in [0, 0.05) is 4.47 Å².